The Kier molecular flexibility index (Phi) is 8.14. The topological polar surface area (TPSA) is 105 Å². The molecule has 33 heavy (non-hydrogen) atoms. The van der Waals surface area contributed by atoms with Crippen LogP contribution in [-0.2, 0) is 20.2 Å². The highest BCUT2D eigenvalue weighted by atomic mass is 32.2. The summed E-state index contributed by atoms with van der Waals surface area (Å²) in [5, 5.41) is 11.4. The largest absolute Gasteiger partial charge is 0.346 e. The van der Waals surface area contributed by atoms with Gasteiger partial charge in [-0.15, -0.1) is 10.2 Å². The Morgan fingerprint density at radius 3 is 2.52 bits per heavy atom. The maximum Gasteiger partial charge on any atom is 0.240 e. The van der Waals surface area contributed by atoms with Crippen LogP contribution in [-0.4, -0.2) is 47.5 Å². The van der Waals surface area contributed by atoms with E-state index in [1.807, 2.05) is 47.2 Å². The molecule has 0 saturated heterocycles. The van der Waals surface area contributed by atoms with Crippen molar-refractivity contribution in [2.24, 2.45) is 0 Å². The smallest absolute Gasteiger partial charge is 0.240 e. The fourth-order valence-electron chi connectivity index (χ4n) is 3.38. The van der Waals surface area contributed by atoms with Gasteiger partial charge in [-0.1, -0.05) is 39.0 Å². The Bertz CT molecular complexity index is 1180. The summed E-state index contributed by atoms with van der Waals surface area (Å²) in [6.45, 7) is 6.22. The van der Waals surface area contributed by atoms with Gasteiger partial charge in [-0.25, -0.2) is 13.1 Å². The zero-order valence-electron chi connectivity index (χ0n) is 19.4. The van der Waals surface area contributed by atoms with E-state index in [0.717, 1.165) is 11.3 Å². The molecule has 0 aliphatic rings. The van der Waals surface area contributed by atoms with E-state index >= 15 is 0 Å². The number of pyridine rings is 1. The number of fused-ring (bicyclic) bond motifs is 1. The molecule has 0 aliphatic heterocycles. The van der Waals surface area contributed by atoms with Crippen LogP contribution in [0.1, 0.15) is 51.0 Å². The van der Waals surface area contributed by atoms with Crippen molar-refractivity contribution in [1.29, 1.82) is 0 Å². The highest BCUT2D eigenvalue weighted by Crippen LogP contribution is 2.23. The monoisotopic (exact) mass is 489 g/mol. The fraction of sp³-hybridized carbons (Fsp3) is 0.435. The van der Waals surface area contributed by atoms with E-state index in [9.17, 15) is 13.2 Å². The molecular formula is C23H31N5O3S2. The van der Waals surface area contributed by atoms with Gasteiger partial charge in [0.1, 0.15) is 0 Å². The SMILES string of the molecule is CSCCC(NC(=O)CCNS(=O)(=O)c1ccc(C(C)(C)C)cc1)c1nnc2ccccn12. The van der Waals surface area contributed by atoms with Gasteiger partial charge in [0.2, 0.25) is 15.9 Å². The number of aromatic nitrogens is 3. The van der Waals surface area contributed by atoms with Crippen molar-refractivity contribution in [1.82, 2.24) is 24.6 Å². The normalized spacial score (nSPS) is 13.2. The molecule has 2 aromatic heterocycles. The molecule has 0 bridgehead atoms. The zero-order chi connectivity index (χ0) is 24.1. The first-order valence-electron chi connectivity index (χ1n) is 10.8. The van der Waals surface area contributed by atoms with Crippen LogP contribution in [0.5, 0.6) is 0 Å². The predicted octanol–water partition coefficient (Wildman–Crippen LogP) is 3.31. The van der Waals surface area contributed by atoms with Gasteiger partial charge in [-0.3, -0.25) is 9.20 Å². The number of amides is 1. The minimum Gasteiger partial charge on any atom is -0.346 e. The summed E-state index contributed by atoms with van der Waals surface area (Å²) in [5.41, 5.74) is 1.70. The van der Waals surface area contributed by atoms with E-state index < -0.39 is 10.0 Å². The summed E-state index contributed by atoms with van der Waals surface area (Å²) in [4.78, 5) is 12.8. The zero-order valence-corrected chi connectivity index (χ0v) is 21.0. The molecule has 10 heteroatoms. The van der Waals surface area contributed by atoms with Gasteiger partial charge in [-0.05, 0) is 53.7 Å². The van der Waals surface area contributed by atoms with E-state index in [-0.39, 0.29) is 35.2 Å². The van der Waals surface area contributed by atoms with Crippen molar-refractivity contribution in [2.45, 2.75) is 50.0 Å². The number of carbonyl (C=O) groups excluding carboxylic acids is 1. The quantitative estimate of drug-likeness (QED) is 0.453. The van der Waals surface area contributed by atoms with Gasteiger partial charge < -0.3 is 5.32 Å². The molecule has 2 N–H and O–H groups in total. The molecule has 0 aliphatic carbocycles. The van der Waals surface area contributed by atoms with Crippen molar-refractivity contribution in [3.05, 3.63) is 60.0 Å². The Balaban J connectivity index is 1.60. The molecule has 3 aromatic rings. The Hall–Kier alpha value is -2.43. The van der Waals surface area contributed by atoms with Crippen LogP contribution in [0.4, 0.5) is 0 Å². The predicted molar refractivity (Wildman–Crippen MR) is 132 cm³/mol. The van der Waals surface area contributed by atoms with Crippen molar-refractivity contribution in [3.8, 4) is 0 Å². The first-order valence-corrected chi connectivity index (χ1v) is 13.7. The minimum absolute atomic E-state index is 0.00498. The number of carbonyl (C=O) groups is 1. The summed E-state index contributed by atoms with van der Waals surface area (Å²) >= 11 is 1.68. The molecule has 0 radical (unpaired) electrons. The van der Waals surface area contributed by atoms with Crippen molar-refractivity contribution in [3.63, 3.8) is 0 Å². The number of rotatable bonds is 10. The molecule has 8 nitrogen and oxygen atoms in total. The van der Waals surface area contributed by atoms with E-state index in [0.29, 0.717) is 17.9 Å². The lowest BCUT2D eigenvalue weighted by Gasteiger charge is -2.19. The number of sulfonamides is 1. The average molecular weight is 490 g/mol. The van der Waals surface area contributed by atoms with Crippen molar-refractivity contribution >= 4 is 33.3 Å². The van der Waals surface area contributed by atoms with Crippen LogP contribution in [0.25, 0.3) is 5.65 Å². The number of hydrogen-bond donors (Lipinski definition) is 2. The van der Waals surface area contributed by atoms with Gasteiger partial charge >= 0.3 is 0 Å². The molecule has 3 rings (SSSR count). The molecule has 1 aromatic carbocycles. The fourth-order valence-corrected chi connectivity index (χ4v) is 4.89. The Morgan fingerprint density at radius 1 is 1.12 bits per heavy atom. The molecule has 1 amide bonds. The van der Waals surface area contributed by atoms with Crippen LogP contribution >= 0.6 is 11.8 Å². The first kappa shape index (κ1) is 25.2. The lowest BCUT2D eigenvalue weighted by Crippen LogP contribution is -2.34. The summed E-state index contributed by atoms with van der Waals surface area (Å²) in [7, 11) is -3.69. The highest BCUT2D eigenvalue weighted by molar-refractivity contribution is 7.98. The lowest BCUT2D eigenvalue weighted by molar-refractivity contribution is -0.121. The van der Waals surface area contributed by atoms with Gasteiger partial charge in [0.25, 0.3) is 0 Å². The molecule has 178 valence electrons. The number of hydrogen-bond acceptors (Lipinski definition) is 6. The lowest BCUT2D eigenvalue weighted by atomic mass is 9.87. The third-order valence-electron chi connectivity index (χ3n) is 5.27. The first-order chi connectivity index (χ1) is 15.6. The summed E-state index contributed by atoms with van der Waals surface area (Å²) < 4.78 is 29.6. The average Bonchev–Trinajstić information content (AvgIpc) is 3.20. The van der Waals surface area contributed by atoms with Crippen molar-refractivity contribution in [2.75, 3.05) is 18.6 Å². The number of nitrogens with one attached hydrogen (secondary N) is 2. The molecule has 0 saturated carbocycles. The van der Waals surface area contributed by atoms with Crippen LogP contribution in [0, 0.1) is 0 Å². The molecular weight excluding hydrogens is 458 g/mol. The van der Waals surface area contributed by atoms with Crippen LogP contribution in [0.2, 0.25) is 0 Å². The third-order valence-corrected chi connectivity index (χ3v) is 7.39. The van der Waals surface area contributed by atoms with E-state index in [1.54, 1.807) is 23.9 Å². The van der Waals surface area contributed by atoms with E-state index in [2.05, 4.69) is 41.0 Å². The van der Waals surface area contributed by atoms with Gasteiger partial charge in [0.05, 0.1) is 10.9 Å². The van der Waals surface area contributed by atoms with Crippen LogP contribution < -0.4 is 10.0 Å². The summed E-state index contributed by atoms with van der Waals surface area (Å²) in [6.07, 6.45) is 4.58. The maximum absolute atomic E-state index is 12.6. The van der Waals surface area contributed by atoms with E-state index in [1.165, 1.54) is 0 Å². The Labute approximate surface area is 199 Å². The molecule has 0 fully saturated rings. The molecule has 0 spiro atoms. The minimum atomic E-state index is -3.69. The number of nitrogens with zero attached hydrogens (tertiary/aromatic N) is 3. The molecule has 1 unspecified atom stereocenters. The van der Waals surface area contributed by atoms with Crippen LogP contribution in [0.15, 0.2) is 53.6 Å². The second-order valence-electron chi connectivity index (χ2n) is 8.81. The third kappa shape index (κ3) is 6.55. The van der Waals surface area contributed by atoms with E-state index in [4.69, 9.17) is 0 Å². The van der Waals surface area contributed by atoms with Gasteiger partial charge in [0, 0.05) is 19.2 Å². The standard InChI is InChI=1S/C23H31N5O3S2/c1-23(2,3)17-8-10-18(11-9-17)33(30,31)24-14-12-21(29)25-19(13-16-32-4)22-27-26-20-7-5-6-15-28(20)22/h5-11,15,19,24H,12-14,16H2,1-4H3,(H,25,29). The Morgan fingerprint density at radius 2 is 1.85 bits per heavy atom. The second-order valence-corrected chi connectivity index (χ2v) is 11.6. The van der Waals surface area contributed by atoms with Crippen molar-refractivity contribution < 1.29 is 13.2 Å². The second kappa shape index (κ2) is 10.7. The maximum atomic E-state index is 12.6. The molecule has 1 atom stereocenters. The number of thioether (sulfide) groups is 1. The van der Waals surface area contributed by atoms with Gasteiger partial charge in [-0.2, -0.15) is 11.8 Å². The molecule has 2 heterocycles. The summed E-state index contributed by atoms with van der Waals surface area (Å²) in [6, 6.07) is 12.1. The van der Waals surface area contributed by atoms with Gasteiger partial charge in [0.15, 0.2) is 11.5 Å². The summed E-state index contributed by atoms with van der Waals surface area (Å²) in [5.74, 6) is 1.25. The van der Waals surface area contributed by atoms with Crippen LogP contribution in [0.3, 0.4) is 0 Å². The highest BCUT2D eigenvalue weighted by Gasteiger charge is 2.21. The number of benzene rings is 1.